The highest BCUT2D eigenvalue weighted by Crippen LogP contribution is 2.29. The van der Waals surface area contributed by atoms with E-state index in [0.29, 0.717) is 12.4 Å². The third-order valence-corrected chi connectivity index (χ3v) is 2.99. The molecule has 1 radical (unpaired) electrons. The topological polar surface area (TPSA) is 75.0 Å². The van der Waals surface area contributed by atoms with Crippen molar-refractivity contribution in [2.45, 2.75) is 13.3 Å². The van der Waals surface area contributed by atoms with Crippen molar-refractivity contribution in [3.63, 3.8) is 0 Å². The van der Waals surface area contributed by atoms with E-state index in [2.05, 4.69) is 23.1 Å². The Balaban J connectivity index is 2.22. The van der Waals surface area contributed by atoms with Crippen molar-refractivity contribution in [3.8, 4) is 0 Å². The molecule has 1 saturated heterocycles. The van der Waals surface area contributed by atoms with E-state index < -0.39 is 0 Å². The zero-order valence-electron chi connectivity index (χ0n) is 8.79. The van der Waals surface area contributed by atoms with Crippen LogP contribution in [0.5, 0.6) is 0 Å². The standard InChI is InChI=1S/C10H15N4O/c1-10(6-11)2-5-14(7-10)8-9(15)13-4-3-12-8/h3H,2,5-7,11H2,1H3,(H,13,15). The molecular weight excluding hydrogens is 192 g/mol. The second kappa shape index (κ2) is 3.66. The lowest BCUT2D eigenvalue weighted by Crippen LogP contribution is -2.33. The lowest BCUT2D eigenvalue weighted by molar-refractivity contribution is 0.383. The predicted octanol–water partition coefficient (Wildman–Crippen LogP) is -0.255. The van der Waals surface area contributed by atoms with E-state index in [1.807, 2.05) is 4.90 Å². The average molecular weight is 207 g/mol. The zero-order chi connectivity index (χ0) is 10.9. The molecular formula is C10H15N4O. The van der Waals surface area contributed by atoms with Gasteiger partial charge in [0.25, 0.3) is 5.56 Å². The van der Waals surface area contributed by atoms with Gasteiger partial charge in [-0.15, -0.1) is 0 Å². The molecule has 0 aromatic carbocycles. The fourth-order valence-corrected chi connectivity index (χ4v) is 1.90. The smallest absolute Gasteiger partial charge is 0.291 e. The van der Waals surface area contributed by atoms with Crippen molar-refractivity contribution in [2.24, 2.45) is 11.1 Å². The summed E-state index contributed by atoms with van der Waals surface area (Å²) in [4.78, 5) is 20.0. The number of aromatic nitrogens is 2. The van der Waals surface area contributed by atoms with Gasteiger partial charge in [0, 0.05) is 13.1 Å². The van der Waals surface area contributed by atoms with Crippen LogP contribution in [0, 0.1) is 11.6 Å². The van der Waals surface area contributed by atoms with Crippen LogP contribution in [-0.4, -0.2) is 29.6 Å². The van der Waals surface area contributed by atoms with Crippen LogP contribution >= 0.6 is 0 Å². The lowest BCUT2D eigenvalue weighted by atomic mass is 9.90. The van der Waals surface area contributed by atoms with Crippen LogP contribution in [-0.2, 0) is 0 Å². The highest BCUT2D eigenvalue weighted by Gasteiger charge is 2.33. The zero-order valence-corrected chi connectivity index (χ0v) is 8.79. The first kappa shape index (κ1) is 10.2. The van der Waals surface area contributed by atoms with Crippen molar-refractivity contribution in [1.29, 1.82) is 0 Å². The Morgan fingerprint density at radius 1 is 1.80 bits per heavy atom. The van der Waals surface area contributed by atoms with E-state index in [1.165, 1.54) is 6.20 Å². The molecule has 0 spiro atoms. The Kier molecular flexibility index (Phi) is 2.48. The molecule has 1 aromatic heterocycles. The van der Waals surface area contributed by atoms with E-state index in [9.17, 15) is 4.79 Å². The third kappa shape index (κ3) is 1.87. The minimum atomic E-state index is -0.182. The summed E-state index contributed by atoms with van der Waals surface area (Å²) < 4.78 is 0. The molecule has 5 nitrogen and oxygen atoms in total. The summed E-state index contributed by atoms with van der Waals surface area (Å²) in [6.07, 6.45) is 5.04. The van der Waals surface area contributed by atoms with Crippen LogP contribution in [0.3, 0.4) is 0 Å². The van der Waals surface area contributed by atoms with Crippen LogP contribution in [0.25, 0.3) is 0 Å². The summed E-state index contributed by atoms with van der Waals surface area (Å²) in [5, 5.41) is 0. The SMILES string of the molecule is CC1(CN)CCN(c2nc[c][nH]c2=O)C1. The van der Waals surface area contributed by atoms with Gasteiger partial charge in [0.15, 0.2) is 5.82 Å². The Hall–Kier alpha value is -1.36. The molecule has 15 heavy (non-hydrogen) atoms. The Bertz CT molecular complexity index is 402. The largest absolute Gasteiger partial charge is 0.351 e. The minimum Gasteiger partial charge on any atom is -0.351 e. The molecule has 1 aliphatic rings. The third-order valence-electron chi connectivity index (χ3n) is 2.99. The summed E-state index contributed by atoms with van der Waals surface area (Å²) in [6.45, 7) is 4.41. The monoisotopic (exact) mass is 207 g/mol. The minimum absolute atomic E-state index is 0.105. The van der Waals surface area contributed by atoms with Gasteiger partial charge in [-0.25, -0.2) is 4.98 Å². The van der Waals surface area contributed by atoms with Gasteiger partial charge in [0.1, 0.15) is 0 Å². The first-order valence-electron chi connectivity index (χ1n) is 5.05. The van der Waals surface area contributed by atoms with Gasteiger partial charge in [0.05, 0.1) is 12.4 Å². The van der Waals surface area contributed by atoms with Gasteiger partial charge < -0.3 is 15.6 Å². The number of anilines is 1. The van der Waals surface area contributed by atoms with Gasteiger partial charge >= 0.3 is 0 Å². The van der Waals surface area contributed by atoms with Crippen LogP contribution in [0.2, 0.25) is 0 Å². The fourth-order valence-electron chi connectivity index (χ4n) is 1.90. The predicted molar refractivity (Wildman–Crippen MR) is 57.7 cm³/mol. The fraction of sp³-hybridized carbons (Fsp3) is 0.600. The number of hydrogen-bond acceptors (Lipinski definition) is 4. The normalized spacial score (nSPS) is 25.9. The van der Waals surface area contributed by atoms with Crippen molar-refractivity contribution in [2.75, 3.05) is 24.5 Å². The first-order chi connectivity index (χ1) is 7.14. The van der Waals surface area contributed by atoms with E-state index in [-0.39, 0.29) is 11.0 Å². The van der Waals surface area contributed by atoms with E-state index in [1.54, 1.807) is 0 Å². The van der Waals surface area contributed by atoms with E-state index in [0.717, 1.165) is 19.5 Å². The van der Waals surface area contributed by atoms with Crippen molar-refractivity contribution in [3.05, 3.63) is 22.7 Å². The van der Waals surface area contributed by atoms with Crippen LogP contribution in [0.4, 0.5) is 5.82 Å². The van der Waals surface area contributed by atoms with E-state index in [4.69, 9.17) is 5.73 Å². The molecule has 0 bridgehead atoms. The average Bonchev–Trinajstić information content (AvgIpc) is 2.63. The van der Waals surface area contributed by atoms with Crippen LogP contribution in [0.15, 0.2) is 11.0 Å². The summed E-state index contributed by atoms with van der Waals surface area (Å²) in [7, 11) is 0. The molecule has 1 fully saturated rings. The number of nitrogens with one attached hydrogen (secondary N) is 1. The maximum absolute atomic E-state index is 11.5. The van der Waals surface area contributed by atoms with Crippen molar-refractivity contribution < 1.29 is 0 Å². The molecule has 1 unspecified atom stereocenters. The van der Waals surface area contributed by atoms with Crippen molar-refractivity contribution >= 4 is 5.82 Å². The Morgan fingerprint density at radius 2 is 2.60 bits per heavy atom. The summed E-state index contributed by atoms with van der Waals surface area (Å²) in [6, 6.07) is 0. The highest BCUT2D eigenvalue weighted by atomic mass is 16.1. The van der Waals surface area contributed by atoms with Crippen LogP contribution in [0.1, 0.15) is 13.3 Å². The van der Waals surface area contributed by atoms with Gasteiger partial charge in [-0.3, -0.25) is 4.79 Å². The van der Waals surface area contributed by atoms with E-state index >= 15 is 0 Å². The number of H-pyrrole nitrogens is 1. The second-order valence-electron chi connectivity index (χ2n) is 4.37. The number of rotatable bonds is 2. The van der Waals surface area contributed by atoms with Gasteiger partial charge in [-0.2, -0.15) is 0 Å². The van der Waals surface area contributed by atoms with Gasteiger partial charge in [-0.1, -0.05) is 6.92 Å². The Labute approximate surface area is 88.3 Å². The molecule has 2 rings (SSSR count). The van der Waals surface area contributed by atoms with Crippen molar-refractivity contribution in [1.82, 2.24) is 9.97 Å². The number of aromatic amines is 1. The molecule has 81 valence electrons. The summed E-state index contributed by atoms with van der Waals surface area (Å²) >= 11 is 0. The maximum atomic E-state index is 11.5. The molecule has 3 N–H and O–H groups in total. The molecule has 0 saturated carbocycles. The highest BCUT2D eigenvalue weighted by molar-refractivity contribution is 5.37. The number of nitrogens with zero attached hydrogens (tertiary/aromatic N) is 2. The molecule has 0 amide bonds. The summed E-state index contributed by atoms with van der Waals surface area (Å²) in [5.41, 5.74) is 5.63. The van der Waals surface area contributed by atoms with Gasteiger partial charge in [-0.05, 0) is 18.4 Å². The first-order valence-corrected chi connectivity index (χ1v) is 5.05. The molecule has 0 aliphatic carbocycles. The lowest BCUT2D eigenvalue weighted by Gasteiger charge is -2.22. The Morgan fingerprint density at radius 3 is 3.20 bits per heavy atom. The molecule has 1 aliphatic heterocycles. The molecule has 2 heterocycles. The quantitative estimate of drug-likeness (QED) is 0.701. The van der Waals surface area contributed by atoms with Gasteiger partial charge in [0.2, 0.25) is 0 Å². The maximum Gasteiger partial charge on any atom is 0.291 e. The molecule has 5 heteroatoms. The second-order valence-corrected chi connectivity index (χ2v) is 4.37. The number of hydrogen-bond donors (Lipinski definition) is 2. The number of nitrogens with two attached hydrogens (primary N) is 1. The summed E-state index contributed by atoms with van der Waals surface area (Å²) in [5.74, 6) is 0.478. The molecule has 1 atom stereocenters. The molecule has 1 aromatic rings. The van der Waals surface area contributed by atoms with Crippen LogP contribution < -0.4 is 16.2 Å².